The van der Waals surface area contributed by atoms with Crippen LogP contribution >= 0.6 is 11.3 Å². The van der Waals surface area contributed by atoms with Crippen LogP contribution in [0.1, 0.15) is 24.4 Å². The number of carbonyl (C=O) groups excluding carboxylic acids is 2. The van der Waals surface area contributed by atoms with E-state index in [9.17, 15) is 9.59 Å². The van der Waals surface area contributed by atoms with Gasteiger partial charge in [-0.15, -0.1) is 11.3 Å². The highest BCUT2D eigenvalue weighted by molar-refractivity contribution is 7.14. The molecule has 7 nitrogen and oxygen atoms in total. The lowest BCUT2D eigenvalue weighted by Crippen LogP contribution is -2.23. The number of fused-ring (bicyclic) bond motifs is 1. The molecule has 0 atom stereocenters. The Balaban J connectivity index is 1.43. The highest BCUT2D eigenvalue weighted by Gasteiger charge is 2.24. The van der Waals surface area contributed by atoms with E-state index in [1.807, 2.05) is 5.38 Å². The topological polar surface area (TPSA) is 88.3 Å². The molecule has 1 aliphatic rings. The summed E-state index contributed by atoms with van der Waals surface area (Å²) in [6.45, 7) is 2.48. The van der Waals surface area contributed by atoms with Crippen molar-refractivity contribution in [2.75, 3.05) is 16.8 Å². The molecule has 2 amide bonds. The van der Waals surface area contributed by atoms with Gasteiger partial charge in [0.05, 0.1) is 12.1 Å². The van der Waals surface area contributed by atoms with Gasteiger partial charge < -0.3 is 9.73 Å². The van der Waals surface area contributed by atoms with Crippen LogP contribution in [0.15, 0.2) is 28.0 Å². The minimum absolute atomic E-state index is 0.0987. The largest absolute Gasteiger partial charge is 0.441 e. The maximum Gasteiger partial charge on any atom is 0.230 e. The summed E-state index contributed by atoms with van der Waals surface area (Å²) in [5.74, 6) is 0.524. The van der Waals surface area contributed by atoms with Crippen molar-refractivity contribution in [3.8, 4) is 0 Å². The normalized spacial score (nSPS) is 14.4. The molecule has 25 heavy (non-hydrogen) atoms. The average Bonchev–Trinajstić information content (AvgIpc) is 3.26. The number of nitrogens with zero attached hydrogens (tertiary/aromatic N) is 3. The quantitative estimate of drug-likeness (QED) is 0.776. The third-order valence-corrected chi connectivity index (χ3v) is 4.88. The van der Waals surface area contributed by atoms with Gasteiger partial charge in [-0.05, 0) is 24.6 Å². The molecule has 0 saturated carbocycles. The van der Waals surface area contributed by atoms with Crippen LogP contribution in [0.4, 0.5) is 10.8 Å². The molecule has 1 aliphatic heterocycles. The number of rotatable bonds is 4. The van der Waals surface area contributed by atoms with Crippen molar-refractivity contribution >= 4 is 45.1 Å². The number of oxazole rings is 1. The van der Waals surface area contributed by atoms with Crippen molar-refractivity contribution in [3.05, 3.63) is 35.2 Å². The van der Waals surface area contributed by atoms with Crippen molar-refractivity contribution < 1.29 is 14.0 Å². The number of hydrogen-bond donors (Lipinski definition) is 1. The van der Waals surface area contributed by atoms with Crippen LogP contribution in [0.5, 0.6) is 0 Å². The molecule has 8 heteroatoms. The van der Waals surface area contributed by atoms with Gasteiger partial charge in [0.15, 0.2) is 16.6 Å². The Morgan fingerprint density at radius 2 is 2.28 bits per heavy atom. The molecule has 1 fully saturated rings. The van der Waals surface area contributed by atoms with Crippen molar-refractivity contribution in [1.29, 1.82) is 0 Å². The van der Waals surface area contributed by atoms with Gasteiger partial charge in [0.25, 0.3) is 0 Å². The van der Waals surface area contributed by atoms with Crippen LogP contribution < -0.4 is 10.2 Å². The summed E-state index contributed by atoms with van der Waals surface area (Å²) in [5, 5.41) is 5.34. The van der Waals surface area contributed by atoms with E-state index in [-0.39, 0.29) is 18.2 Å². The number of benzene rings is 1. The second kappa shape index (κ2) is 6.29. The van der Waals surface area contributed by atoms with Gasteiger partial charge in [-0.2, -0.15) is 0 Å². The number of hydrogen-bond acceptors (Lipinski definition) is 6. The predicted octanol–water partition coefficient (Wildman–Crippen LogP) is 2.90. The van der Waals surface area contributed by atoms with E-state index in [0.717, 1.165) is 6.42 Å². The molecule has 1 saturated heterocycles. The third-order valence-electron chi connectivity index (χ3n) is 3.96. The van der Waals surface area contributed by atoms with Crippen molar-refractivity contribution in [3.63, 3.8) is 0 Å². The van der Waals surface area contributed by atoms with Gasteiger partial charge in [0.1, 0.15) is 5.52 Å². The Morgan fingerprint density at radius 1 is 1.40 bits per heavy atom. The summed E-state index contributed by atoms with van der Waals surface area (Å²) >= 11 is 1.40. The van der Waals surface area contributed by atoms with Gasteiger partial charge in [-0.3, -0.25) is 14.5 Å². The maximum absolute atomic E-state index is 12.2. The van der Waals surface area contributed by atoms with Crippen LogP contribution in [0, 0.1) is 6.92 Å². The molecule has 3 aromatic rings. The first kappa shape index (κ1) is 15.8. The molecular formula is C17H16N4O3S. The van der Waals surface area contributed by atoms with E-state index in [1.165, 1.54) is 11.3 Å². The highest BCUT2D eigenvalue weighted by Crippen LogP contribution is 2.25. The number of carbonyl (C=O) groups is 2. The Morgan fingerprint density at radius 3 is 3.08 bits per heavy atom. The molecule has 3 heterocycles. The Kier molecular flexibility index (Phi) is 3.96. The fraction of sp³-hybridized carbons (Fsp3) is 0.294. The summed E-state index contributed by atoms with van der Waals surface area (Å²) in [7, 11) is 0. The number of nitrogens with one attached hydrogen (secondary N) is 1. The summed E-state index contributed by atoms with van der Waals surface area (Å²) in [4.78, 5) is 34.4. The zero-order chi connectivity index (χ0) is 17.4. The van der Waals surface area contributed by atoms with Crippen LogP contribution in [-0.2, 0) is 16.0 Å². The fourth-order valence-electron chi connectivity index (χ4n) is 2.84. The van der Waals surface area contributed by atoms with Crippen LogP contribution in [0.3, 0.4) is 0 Å². The minimum Gasteiger partial charge on any atom is -0.441 e. The first-order valence-corrected chi connectivity index (χ1v) is 8.88. The molecule has 0 aliphatic carbocycles. The maximum atomic E-state index is 12.2. The van der Waals surface area contributed by atoms with E-state index in [0.29, 0.717) is 46.5 Å². The number of anilines is 2. The molecule has 0 radical (unpaired) electrons. The van der Waals surface area contributed by atoms with Crippen LogP contribution in [-0.4, -0.2) is 28.3 Å². The standard InChI is InChI=1S/C17H16N4O3S/c1-10-18-13-7-11(4-5-14(13)24-10)19-15(22)8-12-9-25-17(20-12)21-6-2-3-16(21)23/h4-5,7,9H,2-3,6,8H2,1H3,(H,19,22). The van der Waals surface area contributed by atoms with Gasteiger partial charge in [0, 0.05) is 31.0 Å². The van der Waals surface area contributed by atoms with Crippen LogP contribution in [0.25, 0.3) is 11.1 Å². The van der Waals surface area contributed by atoms with E-state index < -0.39 is 0 Å². The van der Waals surface area contributed by atoms with E-state index in [4.69, 9.17) is 4.42 Å². The number of thiazole rings is 1. The molecule has 0 unspecified atom stereocenters. The SMILES string of the molecule is Cc1nc2cc(NC(=O)Cc3csc(N4CCCC4=O)n3)ccc2o1. The molecule has 0 spiro atoms. The number of aromatic nitrogens is 2. The molecule has 1 N–H and O–H groups in total. The third kappa shape index (κ3) is 3.25. The molecule has 1 aromatic carbocycles. The van der Waals surface area contributed by atoms with Gasteiger partial charge in [0.2, 0.25) is 11.8 Å². The minimum atomic E-state index is -0.163. The molecular weight excluding hydrogens is 340 g/mol. The molecule has 128 valence electrons. The predicted molar refractivity (Wildman–Crippen MR) is 94.8 cm³/mol. The van der Waals surface area contributed by atoms with E-state index >= 15 is 0 Å². The van der Waals surface area contributed by atoms with Crippen LogP contribution in [0.2, 0.25) is 0 Å². The lowest BCUT2D eigenvalue weighted by molar-refractivity contribution is -0.117. The summed E-state index contributed by atoms with van der Waals surface area (Å²) in [5.41, 5.74) is 2.72. The lowest BCUT2D eigenvalue weighted by Gasteiger charge is -2.10. The first-order valence-electron chi connectivity index (χ1n) is 8.00. The zero-order valence-electron chi connectivity index (χ0n) is 13.6. The summed E-state index contributed by atoms with van der Waals surface area (Å²) in [6, 6.07) is 5.34. The average molecular weight is 356 g/mol. The monoisotopic (exact) mass is 356 g/mol. The fourth-order valence-corrected chi connectivity index (χ4v) is 3.71. The molecule has 0 bridgehead atoms. The summed E-state index contributed by atoms with van der Waals surface area (Å²) in [6.07, 6.45) is 1.59. The van der Waals surface area contributed by atoms with Crippen molar-refractivity contribution in [2.45, 2.75) is 26.2 Å². The van der Waals surface area contributed by atoms with E-state index in [1.54, 1.807) is 30.0 Å². The summed E-state index contributed by atoms with van der Waals surface area (Å²) < 4.78 is 5.42. The van der Waals surface area contributed by atoms with Gasteiger partial charge in [-0.25, -0.2) is 9.97 Å². The lowest BCUT2D eigenvalue weighted by atomic mass is 10.2. The van der Waals surface area contributed by atoms with Gasteiger partial charge >= 0.3 is 0 Å². The van der Waals surface area contributed by atoms with Crippen molar-refractivity contribution in [2.24, 2.45) is 0 Å². The Labute approximate surface area is 147 Å². The number of amides is 2. The zero-order valence-corrected chi connectivity index (χ0v) is 14.4. The van der Waals surface area contributed by atoms with Crippen molar-refractivity contribution in [1.82, 2.24) is 9.97 Å². The smallest absolute Gasteiger partial charge is 0.230 e. The highest BCUT2D eigenvalue weighted by atomic mass is 32.1. The molecule has 2 aromatic heterocycles. The number of aryl methyl sites for hydroxylation is 1. The Hall–Kier alpha value is -2.74. The second-order valence-corrected chi connectivity index (χ2v) is 6.75. The van der Waals surface area contributed by atoms with E-state index in [2.05, 4.69) is 15.3 Å². The molecule has 4 rings (SSSR count). The Bertz CT molecular complexity index is 962. The second-order valence-electron chi connectivity index (χ2n) is 5.91. The van der Waals surface area contributed by atoms with Gasteiger partial charge in [-0.1, -0.05) is 0 Å². The first-order chi connectivity index (χ1) is 12.1.